The number of benzene rings is 7. The van der Waals surface area contributed by atoms with E-state index in [9.17, 15) is 57.2 Å². The first-order valence-electron chi connectivity index (χ1n) is 27.4. The van der Waals surface area contributed by atoms with Crippen LogP contribution in [0.1, 0.15) is 60.6 Å². The molecule has 0 aliphatic carbocycles. The van der Waals surface area contributed by atoms with E-state index >= 15 is 8.78 Å². The molecule has 5 N–H and O–H groups in total. The highest BCUT2D eigenvalue weighted by Crippen LogP contribution is 2.34. The molecule has 0 fully saturated rings. The van der Waals surface area contributed by atoms with Crippen molar-refractivity contribution in [1.29, 1.82) is 0 Å². The molecule has 4 amide bonds. The van der Waals surface area contributed by atoms with Crippen LogP contribution in [0.3, 0.4) is 0 Å². The first kappa shape index (κ1) is 66.1. The monoisotopic (exact) mass is 1230 g/mol. The number of aliphatic hydroxyl groups is 1. The van der Waals surface area contributed by atoms with Crippen LogP contribution in [0.15, 0.2) is 158 Å². The standard InChI is InChI=1S/C64H60F5N5O15/c1-64(2,3)89-63(81)72-47(32-46(75)33-70-61(79)86-36-40-20-12-6-13-21-40)58(76)71-48(59(77)85-35-39-18-10-5-11-19-39)30-44-28-42(24-26-50(44)74(82)83)43-25-27-51(84-34-38-16-8-4-9-17-38)45(29-43)31-49(73-62(80)87-37-41-22-14-7-15-23-41)60(78)88-57-55(68)53(66)52(65)54(67)56(57)69/h4-29,46-49,75H,30-37H2,1-3H3,(H,70,79)(H,71,76)(H,72,81)(H,73,80)/t46-,47+,48+,49+/m1/s1. The van der Waals surface area contributed by atoms with Crippen molar-refractivity contribution in [1.82, 2.24) is 21.3 Å². The molecule has 0 heterocycles. The van der Waals surface area contributed by atoms with Gasteiger partial charge in [-0.1, -0.05) is 127 Å². The third kappa shape index (κ3) is 19.8. The Balaban J connectivity index is 1.23. The second kappa shape index (κ2) is 31.3. The molecular formula is C64H60F5N5O15. The van der Waals surface area contributed by atoms with Gasteiger partial charge in [-0.25, -0.2) is 37.1 Å². The second-order valence-electron chi connectivity index (χ2n) is 20.9. The molecular weight excluding hydrogens is 1170 g/mol. The van der Waals surface area contributed by atoms with E-state index in [-0.39, 0.29) is 54.4 Å². The minimum Gasteiger partial charge on any atom is -0.489 e. The van der Waals surface area contributed by atoms with Gasteiger partial charge in [0.05, 0.1) is 11.0 Å². The number of hydrogen-bond donors (Lipinski definition) is 5. The first-order valence-corrected chi connectivity index (χ1v) is 27.4. The minimum atomic E-state index is -2.53. The number of alkyl carbamates (subject to hydrolysis) is 3. The van der Waals surface area contributed by atoms with E-state index in [1.54, 1.807) is 142 Å². The van der Waals surface area contributed by atoms with Crippen molar-refractivity contribution >= 4 is 41.8 Å². The molecule has 0 aliphatic heterocycles. The molecule has 466 valence electrons. The van der Waals surface area contributed by atoms with Crippen LogP contribution >= 0.6 is 0 Å². The van der Waals surface area contributed by atoms with E-state index in [4.69, 9.17) is 28.4 Å². The van der Waals surface area contributed by atoms with E-state index in [1.807, 2.05) is 0 Å². The van der Waals surface area contributed by atoms with Gasteiger partial charge in [-0.15, -0.1) is 0 Å². The zero-order valence-electron chi connectivity index (χ0n) is 48.0. The molecule has 7 aromatic rings. The fraction of sp³-hybridized carbons (Fsp3) is 0.250. The van der Waals surface area contributed by atoms with Gasteiger partial charge < -0.3 is 54.8 Å². The number of nitro groups is 1. The van der Waals surface area contributed by atoms with Gasteiger partial charge in [0, 0.05) is 37.4 Å². The molecule has 89 heavy (non-hydrogen) atoms. The van der Waals surface area contributed by atoms with Gasteiger partial charge in [-0.05, 0) is 84.0 Å². The van der Waals surface area contributed by atoms with Crippen LogP contribution in [0, 0.1) is 39.2 Å². The van der Waals surface area contributed by atoms with E-state index in [0.717, 1.165) is 6.07 Å². The molecule has 20 nitrogen and oxygen atoms in total. The van der Waals surface area contributed by atoms with Gasteiger partial charge in [0.1, 0.15) is 55.9 Å². The summed E-state index contributed by atoms with van der Waals surface area (Å²) in [6.07, 6.45) is -6.87. The summed E-state index contributed by atoms with van der Waals surface area (Å²) in [4.78, 5) is 94.0. The summed E-state index contributed by atoms with van der Waals surface area (Å²) in [5.41, 5.74) is 0.862. The van der Waals surface area contributed by atoms with Crippen molar-refractivity contribution in [3.05, 3.63) is 230 Å². The van der Waals surface area contributed by atoms with Crippen molar-refractivity contribution in [2.24, 2.45) is 0 Å². The van der Waals surface area contributed by atoms with Crippen LogP contribution in [-0.2, 0) is 72.6 Å². The molecule has 7 rings (SSSR count). The number of nitrogens with one attached hydrogen (secondary N) is 4. The Bertz CT molecular complexity index is 3600. The van der Waals surface area contributed by atoms with Crippen LogP contribution in [0.4, 0.5) is 42.0 Å². The largest absolute Gasteiger partial charge is 0.489 e. The van der Waals surface area contributed by atoms with Crippen LogP contribution in [0.2, 0.25) is 0 Å². The highest BCUT2D eigenvalue weighted by atomic mass is 19.2. The average Bonchev–Trinajstić information content (AvgIpc) is 3.52. The van der Waals surface area contributed by atoms with E-state index in [1.165, 1.54) is 30.3 Å². The summed E-state index contributed by atoms with van der Waals surface area (Å²) >= 11 is 0. The lowest BCUT2D eigenvalue weighted by Crippen LogP contribution is -2.54. The summed E-state index contributed by atoms with van der Waals surface area (Å²) in [6, 6.07) is 36.3. The highest BCUT2D eigenvalue weighted by Gasteiger charge is 2.35. The molecule has 0 aliphatic rings. The lowest BCUT2D eigenvalue weighted by molar-refractivity contribution is -0.385. The molecule has 0 spiro atoms. The van der Waals surface area contributed by atoms with Gasteiger partial charge in [-0.3, -0.25) is 14.9 Å². The number of carbonyl (C=O) groups is 6. The zero-order valence-corrected chi connectivity index (χ0v) is 48.0. The SMILES string of the molecule is CC(C)(C)OC(=O)N[C@@H](C[C@@H](O)CNC(=O)OCc1ccccc1)C(=O)N[C@@H](Cc1cc(-c2ccc(OCc3ccccc3)c(C[C@H](NC(=O)OCc3ccccc3)C(=O)Oc3c(F)c(F)c(F)c(F)c3F)c2)ccc1[N+](=O)[O-])C(=O)OCc1ccccc1. The Kier molecular flexibility index (Phi) is 23.2. The molecule has 7 aromatic carbocycles. The Morgan fingerprint density at radius 2 is 0.978 bits per heavy atom. The van der Waals surface area contributed by atoms with Crippen LogP contribution in [0.5, 0.6) is 11.5 Å². The van der Waals surface area contributed by atoms with Crippen LogP contribution < -0.4 is 30.7 Å². The Hall–Kier alpha value is -10.4. The highest BCUT2D eigenvalue weighted by molar-refractivity contribution is 5.90. The molecule has 0 radical (unpaired) electrons. The number of rotatable bonds is 26. The molecule has 0 aromatic heterocycles. The summed E-state index contributed by atoms with van der Waals surface area (Å²) in [5.74, 6) is -18.3. The van der Waals surface area contributed by atoms with Crippen LogP contribution in [0.25, 0.3) is 11.1 Å². The number of aliphatic hydroxyl groups excluding tert-OH is 1. The van der Waals surface area contributed by atoms with Crippen molar-refractivity contribution in [2.45, 2.75) is 96.3 Å². The number of hydrogen-bond acceptors (Lipinski definition) is 15. The molecule has 4 atom stereocenters. The average molecular weight is 1230 g/mol. The van der Waals surface area contributed by atoms with Gasteiger partial charge in [0.2, 0.25) is 40.7 Å². The summed E-state index contributed by atoms with van der Waals surface area (Å²) < 4.78 is 105. The molecule has 0 saturated heterocycles. The minimum absolute atomic E-state index is 0.00981. The Morgan fingerprint density at radius 3 is 1.51 bits per heavy atom. The fourth-order valence-corrected chi connectivity index (χ4v) is 8.59. The van der Waals surface area contributed by atoms with E-state index < -0.39 is 137 Å². The molecule has 0 saturated carbocycles. The zero-order chi connectivity index (χ0) is 64.2. The van der Waals surface area contributed by atoms with Crippen molar-refractivity contribution in [3.63, 3.8) is 0 Å². The summed E-state index contributed by atoms with van der Waals surface area (Å²) in [5, 5.41) is 33.5. The fourth-order valence-electron chi connectivity index (χ4n) is 8.59. The number of amides is 4. The number of esters is 2. The van der Waals surface area contributed by atoms with Crippen molar-refractivity contribution < 1.29 is 89.2 Å². The summed E-state index contributed by atoms with van der Waals surface area (Å²) in [6.45, 7) is 3.25. The molecule has 25 heteroatoms. The van der Waals surface area contributed by atoms with Crippen LogP contribution in [-0.4, -0.2) is 82.5 Å². The molecule has 0 unspecified atom stereocenters. The predicted molar refractivity (Wildman–Crippen MR) is 309 cm³/mol. The lowest BCUT2D eigenvalue weighted by atomic mass is 9.95. The van der Waals surface area contributed by atoms with E-state index in [0.29, 0.717) is 22.3 Å². The predicted octanol–water partition coefficient (Wildman–Crippen LogP) is 10.3. The smallest absolute Gasteiger partial charge is 0.408 e. The summed E-state index contributed by atoms with van der Waals surface area (Å²) in [7, 11) is 0. The number of nitro benzene ring substituents is 1. The van der Waals surface area contributed by atoms with E-state index in [2.05, 4.69) is 21.3 Å². The quantitative estimate of drug-likeness (QED) is 0.00493. The maximum absolute atomic E-state index is 15.0. The normalized spacial score (nSPS) is 12.4. The number of nitrogens with zero attached hydrogens (tertiary/aromatic N) is 1. The third-order valence-corrected chi connectivity index (χ3v) is 13.0. The Morgan fingerprint density at radius 1 is 0.528 bits per heavy atom. The first-order chi connectivity index (χ1) is 42.5. The second-order valence-corrected chi connectivity index (χ2v) is 20.9. The van der Waals surface area contributed by atoms with Crippen molar-refractivity contribution in [3.8, 4) is 22.6 Å². The van der Waals surface area contributed by atoms with Gasteiger partial charge >= 0.3 is 30.2 Å². The van der Waals surface area contributed by atoms with Crippen molar-refractivity contribution in [2.75, 3.05) is 6.54 Å². The Labute approximate surface area is 506 Å². The maximum Gasteiger partial charge on any atom is 0.408 e. The number of ether oxygens (including phenoxy) is 6. The van der Waals surface area contributed by atoms with Gasteiger partial charge in [0.25, 0.3) is 5.69 Å². The topological polar surface area (TPSA) is 269 Å². The van der Waals surface area contributed by atoms with Gasteiger partial charge in [-0.2, -0.15) is 8.78 Å². The maximum atomic E-state index is 15.0. The van der Waals surface area contributed by atoms with Gasteiger partial charge in [0.15, 0.2) is 0 Å². The third-order valence-electron chi connectivity index (χ3n) is 13.0. The lowest BCUT2D eigenvalue weighted by Gasteiger charge is -2.26. The molecule has 0 bridgehead atoms. The number of carbonyl (C=O) groups excluding carboxylic acids is 6. The number of halogens is 5.